The Hall–Kier alpha value is -3.09. The number of nitrogens with zero attached hydrogens (tertiary/aromatic N) is 3. The number of halogens is 2. The van der Waals surface area contributed by atoms with Crippen molar-refractivity contribution >= 4 is 17.5 Å². The lowest BCUT2D eigenvalue weighted by Gasteiger charge is -2.09. The summed E-state index contributed by atoms with van der Waals surface area (Å²) in [6, 6.07) is 8.74. The van der Waals surface area contributed by atoms with E-state index in [9.17, 15) is 8.78 Å². The Kier molecular flexibility index (Phi) is 4.37. The number of anilines is 3. The third kappa shape index (κ3) is 3.97. The number of pyridine rings is 1. The molecule has 0 atom stereocenters. The Morgan fingerprint density at radius 1 is 0.957 bits per heavy atom. The zero-order chi connectivity index (χ0) is 16.1. The highest BCUT2D eigenvalue weighted by Crippen LogP contribution is 2.19. The third-order valence-corrected chi connectivity index (χ3v) is 3.06. The molecule has 0 saturated heterocycles. The first-order valence-corrected chi connectivity index (χ1v) is 6.88. The van der Waals surface area contributed by atoms with Crippen LogP contribution in [0.15, 0.2) is 55.0 Å². The van der Waals surface area contributed by atoms with Gasteiger partial charge in [0.25, 0.3) is 0 Å². The van der Waals surface area contributed by atoms with Crippen LogP contribution in [-0.4, -0.2) is 15.0 Å². The Morgan fingerprint density at radius 3 is 2.57 bits per heavy atom. The van der Waals surface area contributed by atoms with Crippen LogP contribution in [0.1, 0.15) is 5.56 Å². The molecule has 0 aliphatic carbocycles. The first-order valence-electron chi connectivity index (χ1n) is 6.88. The van der Waals surface area contributed by atoms with Gasteiger partial charge in [0.05, 0.1) is 5.69 Å². The fourth-order valence-electron chi connectivity index (χ4n) is 1.92. The number of hydrogen-bond acceptors (Lipinski definition) is 5. The minimum Gasteiger partial charge on any atom is -0.366 e. The maximum Gasteiger partial charge on any atom is 0.229 e. The first-order chi connectivity index (χ1) is 11.2. The second-order valence-electron chi connectivity index (χ2n) is 4.72. The second-order valence-corrected chi connectivity index (χ2v) is 4.72. The van der Waals surface area contributed by atoms with E-state index in [1.165, 1.54) is 6.07 Å². The number of aromatic nitrogens is 3. The maximum absolute atomic E-state index is 13.6. The lowest BCUT2D eigenvalue weighted by Crippen LogP contribution is -2.05. The maximum atomic E-state index is 13.6. The summed E-state index contributed by atoms with van der Waals surface area (Å²) >= 11 is 0. The summed E-state index contributed by atoms with van der Waals surface area (Å²) in [7, 11) is 0. The Labute approximate surface area is 131 Å². The largest absolute Gasteiger partial charge is 0.366 e. The minimum absolute atomic E-state index is 0.109. The van der Waals surface area contributed by atoms with Crippen molar-refractivity contribution in [3.8, 4) is 0 Å². The molecule has 0 spiro atoms. The van der Waals surface area contributed by atoms with Gasteiger partial charge in [-0.15, -0.1) is 0 Å². The van der Waals surface area contributed by atoms with E-state index in [-0.39, 0.29) is 11.6 Å². The average molecular weight is 313 g/mol. The highest BCUT2D eigenvalue weighted by molar-refractivity contribution is 5.55. The Morgan fingerprint density at radius 2 is 1.78 bits per heavy atom. The highest BCUT2D eigenvalue weighted by atomic mass is 19.1. The molecule has 3 rings (SSSR count). The average Bonchev–Trinajstić information content (AvgIpc) is 2.57. The molecule has 0 saturated carbocycles. The summed E-state index contributed by atoms with van der Waals surface area (Å²) in [5, 5.41) is 5.86. The molecule has 0 unspecified atom stereocenters. The van der Waals surface area contributed by atoms with Crippen molar-refractivity contribution in [3.05, 3.63) is 72.2 Å². The van der Waals surface area contributed by atoms with Crippen molar-refractivity contribution in [1.29, 1.82) is 0 Å². The van der Waals surface area contributed by atoms with Crippen molar-refractivity contribution < 1.29 is 8.78 Å². The zero-order valence-corrected chi connectivity index (χ0v) is 12.0. The molecule has 2 heterocycles. The summed E-state index contributed by atoms with van der Waals surface area (Å²) in [5.74, 6) is -0.539. The van der Waals surface area contributed by atoms with Crippen LogP contribution in [-0.2, 0) is 6.54 Å². The summed E-state index contributed by atoms with van der Waals surface area (Å²) in [5.41, 5.74) is 1.16. The molecule has 3 aromatic rings. The number of nitrogens with one attached hydrogen (secondary N) is 2. The number of rotatable bonds is 5. The van der Waals surface area contributed by atoms with Crippen LogP contribution in [0.25, 0.3) is 0 Å². The van der Waals surface area contributed by atoms with Crippen LogP contribution in [0, 0.1) is 11.6 Å². The van der Waals surface area contributed by atoms with Gasteiger partial charge in [-0.05, 0) is 35.9 Å². The van der Waals surface area contributed by atoms with Gasteiger partial charge in [-0.2, -0.15) is 4.98 Å². The molecule has 1 aromatic carbocycles. The number of benzene rings is 1. The van der Waals surface area contributed by atoms with Crippen LogP contribution in [0.4, 0.5) is 26.2 Å². The SMILES string of the molecule is Fc1ccc(Nc2nccc(NCc3ccncc3)n2)c(F)c1. The molecular weight excluding hydrogens is 300 g/mol. The van der Waals surface area contributed by atoms with E-state index in [0.29, 0.717) is 12.4 Å². The summed E-state index contributed by atoms with van der Waals surface area (Å²) in [6.07, 6.45) is 4.97. The van der Waals surface area contributed by atoms with E-state index in [4.69, 9.17) is 0 Å². The molecule has 0 amide bonds. The van der Waals surface area contributed by atoms with Gasteiger partial charge in [0.1, 0.15) is 17.5 Å². The van der Waals surface area contributed by atoms with Gasteiger partial charge in [0, 0.05) is 31.2 Å². The molecule has 2 aromatic heterocycles. The van der Waals surface area contributed by atoms with Crippen molar-refractivity contribution in [2.75, 3.05) is 10.6 Å². The molecular formula is C16H13F2N5. The van der Waals surface area contributed by atoms with Crippen molar-refractivity contribution in [2.45, 2.75) is 6.54 Å². The molecule has 23 heavy (non-hydrogen) atoms. The van der Waals surface area contributed by atoms with Crippen molar-refractivity contribution in [1.82, 2.24) is 15.0 Å². The molecule has 0 aliphatic rings. The normalized spacial score (nSPS) is 10.3. The highest BCUT2D eigenvalue weighted by Gasteiger charge is 2.06. The molecule has 5 nitrogen and oxygen atoms in total. The standard InChI is InChI=1S/C16H13F2N5/c17-12-1-2-14(13(18)9-12)22-16-20-8-5-15(23-16)21-10-11-3-6-19-7-4-11/h1-9H,10H2,(H2,20,21,22,23). The lowest BCUT2D eigenvalue weighted by molar-refractivity contribution is 0.586. The van der Waals surface area contributed by atoms with Gasteiger partial charge in [-0.25, -0.2) is 13.8 Å². The van der Waals surface area contributed by atoms with Crippen molar-refractivity contribution in [3.63, 3.8) is 0 Å². The smallest absolute Gasteiger partial charge is 0.229 e. The molecule has 0 bridgehead atoms. The number of hydrogen-bond donors (Lipinski definition) is 2. The summed E-state index contributed by atoms with van der Waals surface area (Å²) < 4.78 is 26.5. The quantitative estimate of drug-likeness (QED) is 0.755. The predicted octanol–water partition coefficient (Wildman–Crippen LogP) is 3.51. The second kappa shape index (κ2) is 6.78. The van der Waals surface area contributed by atoms with Gasteiger partial charge in [0.15, 0.2) is 0 Å². The van der Waals surface area contributed by atoms with E-state index in [0.717, 1.165) is 17.7 Å². The van der Waals surface area contributed by atoms with E-state index in [1.807, 2.05) is 12.1 Å². The van der Waals surface area contributed by atoms with E-state index in [1.54, 1.807) is 24.7 Å². The molecule has 116 valence electrons. The van der Waals surface area contributed by atoms with Crippen LogP contribution >= 0.6 is 0 Å². The Balaban J connectivity index is 1.69. The monoisotopic (exact) mass is 313 g/mol. The van der Waals surface area contributed by atoms with Crippen molar-refractivity contribution in [2.24, 2.45) is 0 Å². The first kappa shape index (κ1) is 14.8. The van der Waals surface area contributed by atoms with Gasteiger partial charge in [-0.3, -0.25) is 4.98 Å². The molecule has 0 fully saturated rings. The molecule has 7 heteroatoms. The zero-order valence-electron chi connectivity index (χ0n) is 12.0. The molecule has 0 radical (unpaired) electrons. The van der Waals surface area contributed by atoms with Gasteiger partial charge in [-0.1, -0.05) is 0 Å². The summed E-state index contributed by atoms with van der Waals surface area (Å²) in [6.45, 7) is 0.573. The minimum atomic E-state index is -0.705. The molecule has 2 N–H and O–H groups in total. The van der Waals surface area contributed by atoms with Crippen LogP contribution < -0.4 is 10.6 Å². The fourth-order valence-corrected chi connectivity index (χ4v) is 1.92. The van der Waals surface area contributed by atoms with Gasteiger partial charge in [0.2, 0.25) is 5.95 Å². The molecule has 0 aliphatic heterocycles. The van der Waals surface area contributed by atoms with Gasteiger partial charge >= 0.3 is 0 Å². The van der Waals surface area contributed by atoms with E-state index >= 15 is 0 Å². The van der Waals surface area contributed by atoms with E-state index in [2.05, 4.69) is 25.6 Å². The lowest BCUT2D eigenvalue weighted by atomic mass is 10.3. The van der Waals surface area contributed by atoms with Crippen LogP contribution in [0.5, 0.6) is 0 Å². The third-order valence-electron chi connectivity index (χ3n) is 3.06. The van der Waals surface area contributed by atoms with Crippen LogP contribution in [0.2, 0.25) is 0 Å². The van der Waals surface area contributed by atoms with Crippen LogP contribution in [0.3, 0.4) is 0 Å². The van der Waals surface area contributed by atoms with E-state index < -0.39 is 11.6 Å². The summed E-state index contributed by atoms with van der Waals surface area (Å²) in [4.78, 5) is 12.2. The fraction of sp³-hybridized carbons (Fsp3) is 0.0625. The Bertz CT molecular complexity index is 795. The topological polar surface area (TPSA) is 62.7 Å². The predicted molar refractivity (Wildman–Crippen MR) is 83.2 cm³/mol. The van der Waals surface area contributed by atoms with Gasteiger partial charge < -0.3 is 10.6 Å².